The van der Waals surface area contributed by atoms with Crippen molar-refractivity contribution in [1.82, 2.24) is 15.6 Å². The summed E-state index contributed by atoms with van der Waals surface area (Å²) in [6.07, 6.45) is 0.126. The maximum atomic E-state index is 13.4. The van der Waals surface area contributed by atoms with Crippen LogP contribution in [-0.4, -0.2) is 23.3 Å². The fourth-order valence-electron chi connectivity index (χ4n) is 1.98. The van der Waals surface area contributed by atoms with Gasteiger partial charge in [0.05, 0.1) is 22.8 Å². The molecule has 1 heterocycles. The second kappa shape index (κ2) is 8.54. The van der Waals surface area contributed by atoms with Crippen molar-refractivity contribution in [3.8, 4) is 0 Å². The molecule has 0 saturated heterocycles. The molecule has 0 aliphatic heterocycles. The molecule has 0 spiro atoms. The molecule has 2 N–H and O–H groups in total. The zero-order valence-electron chi connectivity index (χ0n) is 13.6. The number of rotatable bonds is 7. The lowest BCUT2D eigenvalue weighted by molar-refractivity contribution is -0.121. The van der Waals surface area contributed by atoms with Crippen LogP contribution in [0, 0.1) is 5.82 Å². The summed E-state index contributed by atoms with van der Waals surface area (Å²) in [6, 6.07) is 5.73. The van der Waals surface area contributed by atoms with Crippen LogP contribution in [0.25, 0.3) is 0 Å². The van der Waals surface area contributed by atoms with Crippen LogP contribution in [0.4, 0.5) is 4.39 Å². The molecule has 0 fully saturated rings. The van der Waals surface area contributed by atoms with Crippen LogP contribution < -0.4 is 10.6 Å². The van der Waals surface area contributed by atoms with Crippen molar-refractivity contribution >= 4 is 23.2 Å². The molecule has 0 saturated carbocycles. The Hall–Kier alpha value is -2.28. The number of carbonyl (C=O) groups excluding carboxylic acids is 2. The van der Waals surface area contributed by atoms with E-state index in [-0.39, 0.29) is 24.4 Å². The lowest BCUT2D eigenvalue weighted by atomic mass is 10.2. The first kappa shape index (κ1) is 18.1. The Morgan fingerprint density at radius 2 is 2.00 bits per heavy atom. The van der Waals surface area contributed by atoms with Crippen molar-refractivity contribution in [2.75, 3.05) is 6.54 Å². The van der Waals surface area contributed by atoms with Crippen molar-refractivity contribution in [1.29, 1.82) is 0 Å². The number of aromatic nitrogens is 1. The molecule has 0 unspecified atom stereocenters. The molecule has 24 heavy (non-hydrogen) atoms. The van der Waals surface area contributed by atoms with Crippen LogP contribution in [0.2, 0.25) is 0 Å². The highest BCUT2D eigenvalue weighted by molar-refractivity contribution is 7.09. The highest BCUT2D eigenvalue weighted by Gasteiger charge is 2.11. The summed E-state index contributed by atoms with van der Waals surface area (Å²) >= 11 is 1.58. The minimum atomic E-state index is -0.580. The quantitative estimate of drug-likeness (QED) is 0.807. The van der Waals surface area contributed by atoms with E-state index in [2.05, 4.69) is 29.5 Å². The second-order valence-electron chi connectivity index (χ2n) is 5.59. The number of thiazole rings is 1. The second-order valence-corrected chi connectivity index (χ2v) is 6.48. The zero-order valence-corrected chi connectivity index (χ0v) is 14.5. The molecule has 7 heteroatoms. The summed E-state index contributed by atoms with van der Waals surface area (Å²) < 4.78 is 13.4. The summed E-state index contributed by atoms with van der Waals surface area (Å²) in [7, 11) is 0. The van der Waals surface area contributed by atoms with Crippen LogP contribution in [0.3, 0.4) is 0 Å². The summed E-state index contributed by atoms with van der Waals surface area (Å²) in [5, 5.41) is 8.26. The van der Waals surface area contributed by atoms with Crippen molar-refractivity contribution in [2.45, 2.75) is 32.7 Å². The minimum Gasteiger partial charge on any atom is -0.351 e. The predicted octanol–water partition coefficient (Wildman–Crippen LogP) is 2.84. The summed E-state index contributed by atoms with van der Waals surface area (Å²) in [4.78, 5) is 28.0. The Kier molecular flexibility index (Phi) is 6.43. The Morgan fingerprint density at radius 3 is 2.67 bits per heavy atom. The molecule has 0 bridgehead atoms. The average molecular weight is 349 g/mol. The third-order valence-electron chi connectivity index (χ3n) is 3.29. The number of nitrogens with zero attached hydrogens (tertiary/aromatic N) is 1. The molecule has 1 aromatic heterocycles. The van der Waals surface area contributed by atoms with Crippen molar-refractivity contribution in [2.24, 2.45) is 0 Å². The van der Waals surface area contributed by atoms with Crippen LogP contribution >= 0.6 is 11.3 Å². The van der Waals surface area contributed by atoms with Gasteiger partial charge in [-0.1, -0.05) is 26.0 Å². The van der Waals surface area contributed by atoms with E-state index in [1.54, 1.807) is 17.4 Å². The molecule has 0 radical (unpaired) electrons. The fourth-order valence-corrected chi connectivity index (χ4v) is 2.81. The molecular formula is C17H20FN3O2S. The minimum absolute atomic E-state index is 0.0263. The summed E-state index contributed by atoms with van der Waals surface area (Å²) in [6.45, 7) is 4.65. The van der Waals surface area contributed by atoms with Gasteiger partial charge in [0.15, 0.2) is 0 Å². The van der Waals surface area contributed by atoms with E-state index < -0.39 is 11.7 Å². The third kappa shape index (κ3) is 5.13. The molecule has 2 rings (SSSR count). The van der Waals surface area contributed by atoms with Gasteiger partial charge in [0.2, 0.25) is 5.91 Å². The number of hydrogen-bond acceptors (Lipinski definition) is 4. The first-order valence-electron chi connectivity index (χ1n) is 7.71. The van der Waals surface area contributed by atoms with Gasteiger partial charge in [-0.05, 0) is 12.1 Å². The van der Waals surface area contributed by atoms with Crippen LogP contribution in [0.1, 0.15) is 47.2 Å². The Labute approximate surface area is 144 Å². The molecule has 0 atom stereocenters. The first-order valence-corrected chi connectivity index (χ1v) is 8.59. The molecular weight excluding hydrogens is 329 g/mol. The maximum absolute atomic E-state index is 13.4. The molecule has 1 aromatic carbocycles. The lowest BCUT2D eigenvalue weighted by Gasteiger charge is -2.06. The molecule has 2 amide bonds. The monoisotopic (exact) mass is 349 g/mol. The van der Waals surface area contributed by atoms with Crippen LogP contribution in [-0.2, 0) is 11.3 Å². The van der Waals surface area contributed by atoms with Gasteiger partial charge in [-0.15, -0.1) is 11.3 Å². The number of halogens is 1. The van der Waals surface area contributed by atoms with Crippen LogP contribution in [0.15, 0.2) is 29.6 Å². The highest BCUT2D eigenvalue weighted by Crippen LogP contribution is 2.18. The van der Waals surface area contributed by atoms with Crippen molar-refractivity contribution < 1.29 is 14.0 Å². The highest BCUT2D eigenvalue weighted by atomic mass is 32.1. The number of carbonyl (C=O) groups is 2. The molecule has 0 aliphatic rings. The van der Waals surface area contributed by atoms with Gasteiger partial charge in [0.25, 0.3) is 5.91 Å². The van der Waals surface area contributed by atoms with Gasteiger partial charge in [0, 0.05) is 24.3 Å². The van der Waals surface area contributed by atoms with Crippen LogP contribution in [0.5, 0.6) is 0 Å². The first-order chi connectivity index (χ1) is 11.5. The van der Waals surface area contributed by atoms with Gasteiger partial charge in [-0.3, -0.25) is 9.59 Å². The van der Waals surface area contributed by atoms with Gasteiger partial charge >= 0.3 is 0 Å². The summed E-state index contributed by atoms with van der Waals surface area (Å²) in [5.74, 6) is -0.929. The lowest BCUT2D eigenvalue weighted by Crippen LogP contribution is -2.31. The molecule has 0 aliphatic carbocycles. The number of benzene rings is 1. The van der Waals surface area contributed by atoms with Gasteiger partial charge < -0.3 is 10.6 Å². The fraction of sp³-hybridized carbons (Fsp3) is 0.353. The summed E-state index contributed by atoms with van der Waals surface area (Å²) in [5.41, 5.74) is 0.800. The number of amides is 2. The standard InChI is InChI=1S/C17H20FN3O2S/c1-11(2)17-21-12(10-24-17)9-20-15(22)7-8-19-16(23)13-5-3-4-6-14(13)18/h3-6,10-11H,7-9H2,1-2H3,(H,19,23)(H,20,22). The molecule has 128 valence electrons. The van der Waals surface area contributed by atoms with Gasteiger partial charge in [0.1, 0.15) is 5.82 Å². The maximum Gasteiger partial charge on any atom is 0.254 e. The van der Waals surface area contributed by atoms with E-state index in [0.717, 1.165) is 10.7 Å². The van der Waals surface area contributed by atoms with Crippen molar-refractivity contribution in [3.05, 3.63) is 51.7 Å². The van der Waals surface area contributed by atoms with E-state index in [1.165, 1.54) is 18.2 Å². The largest absolute Gasteiger partial charge is 0.351 e. The molecule has 5 nitrogen and oxygen atoms in total. The zero-order chi connectivity index (χ0) is 17.5. The van der Waals surface area contributed by atoms with Gasteiger partial charge in [-0.25, -0.2) is 9.37 Å². The molecule has 2 aromatic rings. The Morgan fingerprint density at radius 1 is 1.25 bits per heavy atom. The average Bonchev–Trinajstić information content (AvgIpc) is 3.02. The van der Waals surface area contributed by atoms with E-state index in [0.29, 0.717) is 12.5 Å². The number of nitrogens with one attached hydrogen (secondary N) is 2. The Balaban J connectivity index is 1.71. The van der Waals surface area contributed by atoms with E-state index in [1.807, 2.05) is 5.38 Å². The predicted molar refractivity (Wildman–Crippen MR) is 91.4 cm³/mol. The smallest absolute Gasteiger partial charge is 0.254 e. The van der Waals surface area contributed by atoms with Crippen molar-refractivity contribution in [3.63, 3.8) is 0 Å². The van der Waals surface area contributed by atoms with E-state index >= 15 is 0 Å². The van der Waals surface area contributed by atoms with E-state index in [9.17, 15) is 14.0 Å². The van der Waals surface area contributed by atoms with E-state index in [4.69, 9.17) is 0 Å². The SMILES string of the molecule is CC(C)c1nc(CNC(=O)CCNC(=O)c2ccccc2F)cs1. The Bertz CT molecular complexity index is 715. The topological polar surface area (TPSA) is 71.1 Å². The normalized spacial score (nSPS) is 10.7. The third-order valence-corrected chi connectivity index (χ3v) is 4.48. The van der Waals surface area contributed by atoms with Gasteiger partial charge in [-0.2, -0.15) is 0 Å². The number of hydrogen-bond donors (Lipinski definition) is 2.